The van der Waals surface area contributed by atoms with Gasteiger partial charge in [0.2, 0.25) is 0 Å². The number of Topliss-reactive ketones (excluding diaryl/α,β-unsaturated/α-hetero) is 1. The fourth-order valence-corrected chi connectivity index (χ4v) is 2.44. The molecule has 3 amide bonds. The summed E-state index contributed by atoms with van der Waals surface area (Å²) in [4.78, 5) is 38.6. The number of ketones is 1. The van der Waals surface area contributed by atoms with Crippen LogP contribution in [0.4, 0.5) is 15.3 Å². The Kier molecular flexibility index (Phi) is 9.55. The van der Waals surface area contributed by atoms with E-state index < -0.39 is 23.5 Å². The molecule has 0 fully saturated rings. The molecule has 0 spiro atoms. The third-order valence-electron chi connectivity index (χ3n) is 3.82. The highest BCUT2D eigenvalue weighted by Crippen LogP contribution is 2.12. The van der Waals surface area contributed by atoms with Crippen molar-refractivity contribution >= 4 is 29.8 Å². The van der Waals surface area contributed by atoms with E-state index in [1.807, 2.05) is 31.2 Å². The number of benzene rings is 1. The van der Waals surface area contributed by atoms with Crippen LogP contribution in [0.1, 0.15) is 45.6 Å². The van der Waals surface area contributed by atoms with Gasteiger partial charge in [0.1, 0.15) is 11.6 Å². The first-order valence-corrected chi connectivity index (χ1v) is 9.43. The lowest BCUT2D eigenvalue weighted by atomic mass is 10.1. The molecule has 0 aliphatic rings. The van der Waals surface area contributed by atoms with Crippen molar-refractivity contribution in [1.82, 2.24) is 10.6 Å². The van der Waals surface area contributed by atoms with Gasteiger partial charge in [-0.3, -0.25) is 4.79 Å². The number of para-hydroxylation sites is 1. The molecule has 0 unspecified atom stereocenters. The van der Waals surface area contributed by atoms with Crippen molar-refractivity contribution in [2.24, 2.45) is 0 Å². The van der Waals surface area contributed by atoms with Gasteiger partial charge in [-0.2, -0.15) is 4.79 Å². The summed E-state index contributed by atoms with van der Waals surface area (Å²) < 4.78 is 5.15. The molecule has 0 heterocycles. The SMILES string of the molecule is Cc1ccccc1NC(=O)NCCCC[C@H](NC(=O)OC(C)(C)C)C(=O)C=[N+]=[N-]. The Hall–Kier alpha value is -3.19. The van der Waals surface area contributed by atoms with Gasteiger partial charge in [0.25, 0.3) is 5.78 Å². The molecular weight excluding hydrogens is 374 g/mol. The molecular formula is C20H29N5O4. The molecule has 0 saturated carbocycles. The topological polar surface area (TPSA) is 133 Å². The van der Waals surface area contributed by atoms with Crippen LogP contribution >= 0.6 is 0 Å². The van der Waals surface area contributed by atoms with Crippen molar-refractivity contribution < 1.29 is 23.9 Å². The Bertz CT molecular complexity index is 766. The van der Waals surface area contributed by atoms with Crippen molar-refractivity contribution in [3.05, 3.63) is 35.4 Å². The fourth-order valence-electron chi connectivity index (χ4n) is 2.44. The average molecular weight is 403 g/mol. The number of carbonyl (C=O) groups excluding carboxylic acids is 3. The minimum atomic E-state index is -0.874. The number of hydrogen-bond acceptors (Lipinski definition) is 4. The van der Waals surface area contributed by atoms with E-state index in [4.69, 9.17) is 10.3 Å². The summed E-state index contributed by atoms with van der Waals surface area (Å²) in [5.41, 5.74) is 9.57. The fraction of sp³-hybridized carbons (Fsp3) is 0.500. The van der Waals surface area contributed by atoms with Crippen molar-refractivity contribution in [1.29, 1.82) is 0 Å². The van der Waals surface area contributed by atoms with Crippen LogP contribution in [0.3, 0.4) is 0 Å². The van der Waals surface area contributed by atoms with Gasteiger partial charge in [0.05, 0.1) is 0 Å². The summed E-state index contributed by atoms with van der Waals surface area (Å²) in [5, 5.41) is 8.00. The maximum atomic E-state index is 12.0. The monoisotopic (exact) mass is 403 g/mol. The van der Waals surface area contributed by atoms with E-state index in [1.54, 1.807) is 20.8 Å². The smallest absolute Gasteiger partial charge is 0.408 e. The maximum Gasteiger partial charge on any atom is 0.408 e. The van der Waals surface area contributed by atoms with Gasteiger partial charge in [-0.15, -0.1) is 0 Å². The van der Waals surface area contributed by atoms with Crippen molar-refractivity contribution in [3.8, 4) is 0 Å². The molecule has 1 rings (SSSR count). The molecule has 29 heavy (non-hydrogen) atoms. The number of hydrogen-bond donors (Lipinski definition) is 3. The molecule has 0 radical (unpaired) electrons. The second kappa shape index (κ2) is 11.6. The van der Waals surface area contributed by atoms with E-state index in [1.165, 1.54) is 0 Å². The first kappa shape index (κ1) is 23.8. The molecule has 1 atom stereocenters. The highest BCUT2D eigenvalue weighted by molar-refractivity contribution is 6.28. The second-order valence-electron chi connectivity index (χ2n) is 7.54. The first-order valence-electron chi connectivity index (χ1n) is 9.43. The summed E-state index contributed by atoms with van der Waals surface area (Å²) in [7, 11) is 0. The molecule has 0 aliphatic carbocycles. The van der Waals surface area contributed by atoms with Crippen molar-refractivity contribution in [2.45, 2.75) is 58.6 Å². The number of ether oxygens (including phenoxy) is 1. The number of urea groups is 1. The summed E-state index contributed by atoms with van der Waals surface area (Å²) in [6, 6.07) is 6.26. The number of carbonyl (C=O) groups is 3. The Labute approximate surface area is 170 Å². The van der Waals surface area contributed by atoms with Crippen LogP contribution in [0, 0.1) is 6.92 Å². The lowest BCUT2D eigenvalue weighted by Crippen LogP contribution is -2.44. The zero-order valence-electron chi connectivity index (χ0n) is 17.3. The van der Waals surface area contributed by atoms with Crippen LogP contribution in [0.2, 0.25) is 0 Å². The zero-order chi connectivity index (χ0) is 21.9. The molecule has 3 N–H and O–H groups in total. The van der Waals surface area contributed by atoms with Gasteiger partial charge < -0.3 is 26.2 Å². The highest BCUT2D eigenvalue weighted by atomic mass is 16.6. The molecule has 1 aromatic rings. The number of rotatable bonds is 9. The first-order chi connectivity index (χ1) is 13.6. The lowest BCUT2D eigenvalue weighted by molar-refractivity contribution is -0.118. The average Bonchev–Trinajstić information content (AvgIpc) is 2.61. The number of nitrogens with zero attached hydrogens (tertiary/aromatic N) is 2. The van der Waals surface area contributed by atoms with Gasteiger partial charge in [-0.1, -0.05) is 18.2 Å². The predicted molar refractivity (Wildman–Crippen MR) is 110 cm³/mol. The Morgan fingerprint density at radius 3 is 2.52 bits per heavy atom. The van der Waals surface area contributed by atoms with E-state index >= 15 is 0 Å². The van der Waals surface area contributed by atoms with Crippen LogP contribution in [-0.2, 0) is 9.53 Å². The standard InChI is InChI=1S/C20H29N5O4/c1-14-9-5-6-10-15(14)24-18(27)22-12-8-7-11-16(17(26)13-23-21)25-19(28)29-20(2,3)4/h5-6,9-10,13,16H,7-8,11-12H2,1-4H3,(H,25,28)(H2,22,24,27)/t16-/m0/s1. The van der Waals surface area contributed by atoms with Crippen LogP contribution in [0.25, 0.3) is 5.53 Å². The lowest BCUT2D eigenvalue weighted by Gasteiger charge is -2.22. The van der Waals surface area contributed by atoms with Crippen molar-refractivity contribution in [2.75, 3.05) is 11.9 Å². The van der Waals surface area contributed by atoms with E-state index in [-0.39, 0.29) is 6.03 Å². The summed E-state index contributed by atoms with van der Waals surface area (Å²) in [5.74, 6) is -0.538. The largest absolute Gasteiger partial charge is 0.444 e. The number of nitrogens with one attached hydrogen (secondary N) is 3. The van der Waals surface area contributed by atoms with Crippen LogP contribution < -0.4 is 16.0 Å². The van der Waals surface area contributed by atoms with Gasteiger partial charge in [-0.05, 0) is 58.6 Å². The van der Waals surface area contributed by atoms with E-state index in [0.717, 1.165) is 17.5 Å². The van der Waals surface area contributed by atoms with E-state index in [0.29, 0.717) is 25.8 Å². The molecule has 0 aromatic heterocycles. The van der Waals surface area contributed by atoms with Crippen molar-refractivity contribution in [3.63, 3.8) is 0 Å². The Morgan fingerprint density at radius 2 is 1.90 bits per heavy atom. The quantitative estimate of drug-likeness (QED) is 0.253. The molecule has 0 aliphatic heterocycles. The summed E-state index contributed by atoms with van der Waals surface area (Å²) in [6.07, 6.45) is 1.48. The number of amides is 3. The minimum absolute atomic E-state index is 0.311. The molecule has 9 nitrogen and oxygen atoms in total. The second-order valence-corrected chi connectivity index (χ2v) is 7.54. The molecule has 0 bridgehead atoms. The highest BCUT2D eigenvalue weighted by Gasteiger charge is 2.25. The van der Waals surface area contributed by atoms with E-state index in [9.17, 15) is 14.4 Å². The van der Waals surface area contributed by atoms with Gasteiger partial charge >= 0.3 is 18.3 Å². The molecule has 9 heteroatoms. The van der Waals surface area contributed by atoms with Gasteiger partial charge in [0.15, 0.2) is 0 Å². The maximum absolute atomic E-state index is 12.0. The van der Waals surface area contributed by atoms with E-state index in [2.05, 4.69) is 20.7 Å². The number of unbranched alkanes of at least 4 members (excludes halogenated alkanes) is 1. The van der Waals surface area contributed by atoms with Gasteiger partial charge in [-0.25, -0.2) is 9.59 Å². The zero-order valence-corrected chi connectivity index (χ0v) is 17.3. The minimum Gasteiger partial charge on any atom is -0.444 e. The summed E-state index contributed by atoms with van der Waals surface area (Å²) in [6.45, 7) is 7.45. The third kappa shape index (κ3) is 10.1. The van der Waals surface area contributed by atoms with Crippen LogP contribution in [-0.4, -0.2) is 47.1 Å². The van der Waals surface area contributed by atoms with Gasteiger partial charge in [0, 0.05) is 12.2 Å². The molecule has 0 saturated heterocycles. The molecule has 158 valence electrons. The summed E-state index contributed by atoms with van der Waals surface area (Å²) >= 11 is 0. The molecule has 1 aromatic carbocycles. The number of anilines is 1. The normalized spacial score (nSPS) is 11.6. The van der Waals surface area contributed by atoms with Crippen LogP contribution in [0.5, 0.6) is 0 Å². The van der Waals surface area contributed by atoms with Crippen LogP contribution in [0.15, 0.2) is 24.3 Å². The number of alkyl carbamates (subject to hydrolysis) is 1. The third-order valence-corrected chi connectivity index (χ3v) is 3.82. The Morgan fingerprint density at radius 1 is 1.21 bits per heavy atom. The Balaban J connectivity index is 2.42. The predicted octanol–water partition coefficient (Wildman–Crippen LogP) is 3.05. The number of aryl methyl sites for hydroxylation is 1.